The SMILES string of the molecule is C=CCSc1nc2c(c(=O)[nH]1)C(c1cc(OC)c(O)c(OC)c1)C1=C(CC(C)(C)CC1=O)N2. The third kappa shape index (κ3) is 4.13. The number of allylic oxidation sites excluding steroid dienone is 2. The maximum atomic E-state index is 13.4. The van der Waals surface area contributed by atoms with Crippen LogP contribution in [-0.4, -0.2) is 40.8 Å². The maximum Gasteiger partial charge on any atom is 0.257 e. The highest BCUT2D eigenvalue weighted by atomic mass is 32.2. The molecule has 0 spiro atoms. The summed E-state index contributed by atoms with van der Waals surface area (Å²) < 4.78 is 10.7. The van der Waals surface area contributed by atoms with Gasteiger partial charge in [0.15, 0.2) is 22.4 Å². The summed E-state index contributed by atoms with van der Waals surface area (Å²) in [5.41, 5.74) is 1.69. The van der Waals surface area contributed by atoms with Crippen molar-refractivity contribution in [1.29, 1.82) is 0 Å². The molecule has 2 aromatic rings. The fourth-order valence-corrected chi connectivity index (χ4v) is 5.11. The molecule has 0 amide bonds. The summed E-state index contributed by atoms with van der Waals surface area (Å²) in [5.74, 6) is 0.544. The number of carbonyl (C=O) groups is 1. The molecule has 0 saturated heterocycles. The van der Waals surface area contributed by atoms with Crippen molar-refractivity contribution in [3.63, 3.8) is 0 Å². The predicted octanol–water partition coefficient (Wildman–Crippen LogP) is 3.97. The standard InChI is InChI=1S/C24H27N3O5S/c1-6-7-33-23-26-21-19(22(30)27-23)17(12-8-15(31-4)20(29)16(9-12)32-5)18-13(25-21)10-24(2,3)11-14(18)28/h6,8-9,17,29H,1,7,10-11H2,2-5H3,(H2,25,26,27,30). The zero-order valence-electron chi connectivity index (χ0n) is 19.1. The Morgan fingerprint density at radius 3 is 2.52 bits per heavy atom. The number of methoxy groups -OCH3 is 2. The first-order valence-corrected chi connectivity index (χ1v) is 11.5. The van der Waals surface area contributed by atoms with Crippen LogP contribution >= 0.6 is 11.8 Å². The summed E-state index contributed by atoms with van der Waals surface area (Å²) in [6, 6.07) is 3.27. The van der Waals surface area contributed by atoms with Crippen LogP contribution in [0.1, 0.15) is 43.7 Å². The van der Waals surface area contributed by atoms with Gasteiger partial charge in [0.05, 0.1) is 19.8 Å². The topological polar surface area (TPSA) is 114 Å². The molecule has 1 aliphatic carbocycles. The zero-order chi connectivity index (χ0) is 23.9. The molecule has 0 radical (unpaired) electrons. The first-order valence-electron chi connectivity index (χ1n) is 10.5. The van der Waals surface area contributed by atoms with E-state index in [0.29, 0.717) is 46.3 Å². The Bertz CT molecular complexity index is 1210. The molecule has 1 aliphatic heterocycles. The van der Waals surface area contributed by atoms with Crippen LogP contribution in [0.3, 0.4) is 0 Å². The van der Waals surface area contributed by atoms with E-state index in [9.17, 15) is 14.7 Å². The van der Waals surface area contributed by atoms with E-state index in [1.807, 2.05) is 13.8 Å². The largest absolute Gasteiger partial charge is 0.502 e. The number of thioether (sulfide) groups is 1. The third-order valence-electron chi connectivity index (χ3n) is 5.87. The highest BCUT2D eigenvalue weighted by Crippen LogP contribution is 2.50. The molecule has 1 aromatic heterocycles. The number of carbonyl (C=O) groups excluding carboxylic acids is 1. The lowest BCUT2D eigenvalue weighted by Crippen LogP contribution is -2.37. The second-order valence-corrected chi connectivity index (χ2v) is 9.91. The number of anilines is 1. The third-order valence-corrected chi connectivity index (χ3v) is 6.74. The van der Waals surface area contributed by atoms with E-state index in [1.165, 1.54) is 26.0 Å². The minimum atomic E-state index is -0.682. The monoisotopic (exact) mass is 469 g/mol. The highest BCUT2D eigenvalue weighted by molar-refractivity contribution is 7.99. The van der Waals surface area contributed by atoms with Crippen LogP contribution in [0.2, 0.25) is 0 Å². The Hall–Kier alpha value is -3.20. The van der Waals surface area contributed by atoms with E-state index < -0.39 is 5.92 Å². The lowest BCUT2D eigenvalue weighted by molar-refractivity contribution is -0.118. The summed E-state index contributed by atoms with van der Waals surface area (Å²) >= 11 is 1.37. The normalized spacial score (nSPS) is 18.8. The number of phenolic OH excluding ortho intramolecular Hbond substituents is 1. The number of hydrogen-bond acceptors (Lipinski definition) is 8. The molecule has 1 aromatic carbocycles. The average Bonchev–Trinajstić information content (AvgIpc) is 2.75. The van der Waals surface area contributed by atoms with E-state index in [4.69, 9.17) is 9.47 Å². The second kappa shape index (κ2) is 8.62. The van der Waals surface area contributed by atoms with Crippen molar-refractivity contribution in [2.24, 2.45) is 5.41 Å². The van der Waals surface area contributed by atoms with Crippen molar-refractivity contribution in [2.75, 3.05) is 25.3 Å². The Labute approximate surface area is 196 Å². The molecule has 0 bridgehead atoms. The number of aromatic hydroxyl groups is 1. The molecule has 2 heterocycles. The Balaban J connectivity index is 1.98. The van der Waals surface area contributed by atoms with E-state index in [-0.39, 0.29) is 34.0 Å². The van der Waals surface area contributed by atoms with E-state index in [0.717, 1.165) is 5.70 Å². The molecule has 2 aliphatic rings. The molecule has 0 saturated carbocycles. The zero-order valence-corrected chi connectivity index (χ0v) is 19.9. The molecule has 9 heteroatoms. The lowest BCUT2D eigenvalue weighted by Gasteiger charge is -2.38. The number of rotatable bonds is 6. The molecule has 0 fully saturated rings. The number of H-pyrrole nitrogens is 1. The van der Waals surface area contributed by atoms with Crippen molar-refractivity contribution in [1.82, 2.24) is 9.97 Å². The van der Waals surface area contributed by atoms with Crippen LogP contribution in [0.5, 0.6) is 17.2 Å². The van der Waals surface area contributed by atoms with Crippen LogP contribution in [0, 0.1) is 5.41 Å². The molecule has 1 unspecified atom stereocenters. The second-order valence-electron chi connectivity index (χ2n) is 8.90. The lowest BCUT2D eigenvalue weighted by atomic mass is 9.69. The fraction of sp³-hybridized carbons (Fsp3) is 0.375. The summed E-state index contributed by atoms with van der Waals surface area (Å²) in [5, 5.41) is 14.2. The summed E-state index contributed by atoms with van der Waals surface area (Å²) in [4.78, 5) is 34.1. The molecule has 3 N–H and O–H groups in total. The van der Waals surface area contributed by atoms with Crippen molar-refractivity contribution < 1.29 is 19.4 Å². The number of aromatic nitrogens is 2. The highest BCUT2D eigenvalue weighted by Gasteiger charge is 2.42. The van der Waals surface area contributed by atoms with Gasteiger partial charge >= 0.3 is 0 Å². The summed E-state index contributed by atoms with van der Waals surface area (Å²) in [7, 11) is 2.87. The minimum Gasteiger partial charge on any atom is -0.502 e. The van der Waals surface area contributed by atoms with Crippen molar-refractivity contribution in [3.8, 4) is 17.2 Å². The molecular formula is C24H27N3O5S. The number of fused-ring (bicyclic) bond motifs is 1. The van der Waals surface area contributed by atoms with Gasteiger partial charge < -0.3 is 24.9 Å². The van der Waals surface area contributed by atoms with Gasteiger partial charge in [0, 0.05) is 29.4 Å². The number of ether oxygens (including phenoxy) is 2. The van der Waals surface area contributed by atoms with Gasteiger partial charge in [-0.2, -0.15) is 0 Å². The van der Waals surface area contributed by atoms with Gasteiger partial charge in [0.25, 0.3) is 5.56 Å². The van der Waals surface area contributed by atoms with E-state index in [1.54, 1.807) is 18.2 Å². The number of phenols is 1. The Morgan fingerprint density at radius 1 is 1.24 bits per heavy atom. The number of ketones is 1. The number of hydrogen-bond donors (Lipinski definition) is 3. The molecule has 4 rings (SSSR count). The van der Waals surface area contributed by atoms with Crippen molar-refractivity contribution in [2.45, 2.75) is 37.8 Å². The number of aromatic amines is 1. The van der Waals surface area contributed by atoms with Crippen LogP contribution in [0.15, 0.2) is 46.0 Å². The van der Waals surface area contributed by atoms with E-state index in [2.05, 4.69) is 21.9 Å². The van der Waals surface area contributed by atoms with Gasteiger partial charge in [-0.05, 0) is 29.5 Å². The Morgan fingerprint density at radius 2 is 1.91 bits per heavy atom. The van der Waals surface area contributed by atoms with Crippen molar-refractivity contribution >= 4 is 23.4 Å². The number of nitrogens with zero attached hydrogens (tertiary/aromatic N) is 1. The first kappa shape index (κ1) is 23.0. The quantitative estimate of drug-likeness (QED) is 0.331. The van der Waals surface area contributed by atoms with Crippen LogP contribution in [0.25, 0.3) is 0 Å². The number of benzene rings is 1. The van der Waals surface area contributed by atoms with Gasteiger partial charge in [0.1, 0.15) is 5.82 Å². The van der Waals surface area contributed by atoms with Crippen LogP contribution < -0.4 is 20.3 Å². The van der Waals surface area contributed by atoms with Crippen LogP contribution in [0.4, 0.5) is 5.82 Å². The maximum absolute atomic E-state index is 13.4. The minimum absolute atomic E-state index is 0.0279. The molecule has 1 atom stereocenters. The first-order chi connectivity index (χ1) is 15.7. The number of Topliss-reactive ketones (excluding diaryl/α,β-unsaturated/α-hetero) is 1. The fourth-order valence-electron chi connectivity index (χ4n) is 4.51. The van der Waals surface area contributed by atoms with Gasteiger partial charge in [-0.25, -0.2) is 4.98 Å². The molecule has 174 valence electrons. The summed E-state index contributed by atoms with van der Waals surface area (Å²) in [6.07, 6.45) is 2.74. The predicted molar refractivity (Wildman–Crippen MR) is 128 cm³/mol. The smallest absolute Gasteiger partial charge is 0.257 e. The van der Waals surface area contributed by atoms with Gasteiger partial charge in [0.2, 0.25) is 5.75 Å². The number of nitrogens with one attached hydrogen (secondary N) is 2. The van der Waals surface area contributed by atoms with Gasteiger partial charge in [-0.3, -0.25) is 9.59 Å². The molecule has 8 nitrogen and oxygen atoms in total. The van der Waals surface area contributed by atoms with E-state index >= 15 is 0 Å². The average molecular weight is 470 g/mol. The van der Waals surface area contributed by atoms with Gasteiger partial charge in [-0.1, -0.05) is 31.7 Å². The molecule has 33 heavy (non-hydrogen) atoms. The van der Waals surface area contributed by atoms with Crippen LogP contribution in [-0.2, 0) is 4.79 Å². The summed E-state index contributed by atoms with van der Waals surface area (Å²) in [6.45, 7) is 7.80. The van der Waals surface area contributed by atoms with Crippen molar-refractivity contribution in [3.05, 3.63) is 57.5 Å². The Kier molecular flexibility index (Phi) is 6.00. The van der Waals surface area contributed by atoms with Gasteiger partial charge in [-0.15, -0.1) is 6.58 Å². The molecular weight excluding hydrogens is 442 g/mol.